The molecule has 3 aromatic rings. The van der Waals surface area contributed by atoms with E-state index in [1.165, 1.54) is 27.0 Å². The van der Waals surface area contributed by atoms with E-state index in [1.807, 2.05) is 6.07 Å². The van der Waals surface area contributed by atoms with Gasteiger partial charge < -0.3 is 10.1 Å². The van der Waals surface area contributed by atoms with Gasteiger partial charge >= 0.3 is 6.36 Å². The summed E-state index contributed by atoms with van der Waals surface area (Å²) in [5.74, 6) is -1.84. The molecule has 42 heavy (non-hydrogen) atoms. The number of rotatable bonds is 11. The molecule has 1 aliphatic carbocycles. The Balaban J connectivity index is 1.06. The SMILES string of the molecule is CS(=O)(=O)N1CC(C2=Cc3cc(CCCCn4cc(C(=O)NCc5cc(OC(F)(F)F)ccc5F)nn4)nnc3C2)C1. The number of unbranched alkanes of at least 4 members (excludes halogenated alkanes) is 1. The smallest absolute Gasteiger partial charge is 0.406 e. The monoisotopic (exact) mass is 609 g/mol. The Labute approximate surface area is 238 Å². The Morgan fingerprint density at radius 3 is 2.67 bits per heavy atom. The Hall–Kier alpha value is -3.92. The van der Waals surface area contributed by atoms with E-state index in [1.54, 1.807) is 0 Å². The molecule has 5 rings (SSSR count). The van der Waals surface area contributed by atoms with Crippen LogP contribution in [0.25, 0.3) is 6.08 Å². The van der Waals surface area contributed by atoms with Gasteiger partial charge in [0, 0.05) is 44.1 Å². The van der Waals surface area contributed by atoms with Crippen molar-refractivity contribution in [1.29, 1.82) is 0 Å². The summed E-state index contributed by atoms with van der Waals surface area (Å²) < 4.78 is 81.2. The molecule has 3 heterocycles. The zero-order chi connectivity index (χ0) is 30.1. The molecule has 0 saturated carbocycles. The summed E-state index contributed by atoms with van der Waals surface area (Å²) in [6.07, 6.45) is 2.66. The van der Waals surface area contributed by atoms with E-state index in [0.717, 1.165) is 41.6 Å². The van der Waals surface area contributed by atoms with E-state index >= 15 is 0 Å². The summed E-state index contributed by atoms with van der Waals surface area (Å²) in [6.45, 7) is 1.10. The molecule has 0 unspecified atom stereocenters. The van der Waals surface area contributed by atoms with Crippen LogP contribution >= 0.6 is 0 Å². The first-order valence-electron chi connectivity index (χ1n) is 13.1. The van der Waals surface area contributed by atoms with Crippen molar-refractivity contribution in [3.8, 4) is 5.75 Å². The van der Waals surface area contributed by atoms with Gasteiger partial charge in [-0.25, -0.2) is 17.1 Å². The number of hydrogen-bond donors (Lipinski definition) is 1. The molecule has 11 nitrogen and oxygen atoms in total. The normalized spacial score (nSPS) is 15.7. The van der Waals surface area contributed by atoms with Crippen LogP contribution in [0.4, 0.5) is 17.6 Å². The van der Waals surface area contributed by atoms with Crippen LogP contribution in [0.5, 0.6) is 5.75 Å². The number of ether oxygens (including phenoxy) is 1. The third-order valence-electron chi connectivity index (χ3n) is 7.04. The summed E-state index contributed by atoms with van der Waals surface area (Å²) in [7, 11) is -3.16. The van der Waals surface area contributed by atoms with Gasteiger partial charge in [0.2, 0.25) is 10.0 Å². The Kier molecular flexibility index (Phi) is 8.28. The average Bonchev–Trinajstić information content (AvgIpc) is 3.51. The molecule has 0 bridgehead atoms. The molecule has 0 radical (unpaired) electrons. The molecule has 1 fully saturated rings. The van der Waals surface area contributed by atoms with E-state index in [0.29, 0.717) is 38.9 Å². The predicted octanol–water partition coefficient (Wildman–Crippen LogP) is 2.89. The average molecular weight is 610 g/mol. The van der Waals surface area contributed by atoms with Gasteiger partial charge in [-0.2, -0.15) is 10.2 Å². The standard InChI is InChI=1S/C26H27F4N7O4S/c1-42(39,40)37-13-19(14-37)16-8-17-9-20(32-33-23(17)11-16)4-2-3-7-36-15-24(34-35-36)25(38)31-12-18-10-21(5-6-22(18)27)41-26(28,29)30/h5-6,8-10,15,19H,2-4,7,11-14H2,1H3,(H,31,38). The quantitative estimate of drug-likeness (QED) is 0.259. The molecule has 0 spiro atoms. The lowest BCUT2D eigenvalue weighted by Gasteiger charge is -2.38. The van der Waals surface area contributed by atoms with Crippen molar-refractivity contribution in [3.63, 3.8) is 0 Å². The molecule has 1 aliphatic heterocycles. The molecule has 1 saturated heterocycles. The highest BCUT2D eigenvalue weighted by Crippen LogP contribution is 2.34. The van der Waals surface area contributed by atoms with Crippen molar-refractivity contribution < 1.29 is 35.5 Å². The summed E-state index contributed by atoms with van der Waals surface area (Å²) in [4.78, 5) is 12.4. The largest absolute Gasteiger partial charge is 0.573 e. The molecular weight excluding hydrogens is 582 g/mol. The van der Waals surface area contributed by atoms with E-state index in [2.05, 4.69) is 36.6 Å². The number of carbonyl (C=O) groups is 1. The lowest BCUT2D eigenvalue weighted by atomic mass is 9.92. The number of aromatic nitrogens is 5. The van der Waals surface area contributed by atoms with Gasteiger partial charge in [-0.1, -0.05) is 16.9 Å². The fourth-order valence-electron chi connectivity index (χ4n) is 4.75. The second-order valence-corrected chi connectivity index (χ2v) is 12.2. The van der Waals surface area contributed by atoms with Crippen molar-refractivity contribution >= 4 is 22.0 Å². The number of aryl methyl sites for hydroxylation is 2. The molecule has 2 aliphatic rings. The number of nitrogens with one attached hydrogen (secondary N) is 1. The second-order valence-electron chi connectivity index (χ2n) is 10.2. The first-order valence-corrected chi connectivity index (χ1v) is 14.9. The molecule has 224 valence electrons. The molecule has 1 N–H and O–H groups in total. The fraction of sp³-hybridized carbons (Fsp3) is 0.423. The number of fused-ring (bicyclic) bond motifs is 1. The van der Waals surface area contributed by atoms with Gasteiger partial charge in [0.15, 0.2) is 5.69 Å². The van der Waals surface area contributed by atoms with E-state index in [-0.39, 0.29) is 23.7 Å². The maximum atomic E-state index is 14.0. The van der Waals surface area contributed by atoms with Gasteiger partial charge in [-0.15, -0.1) is 18.3 Å². The molecule has 2 aromatic heterocycles. The van der Waals surface area contributed by atoms with Crippen molar-refractivity contribution in [3.05, 3.63) is 70.1 Å². The molecule has 1 aromatic carbocycles. The van der Waals surface area contributed by atoms with Crippen LogP contribution in [0.3, 0.4) is 0 Å². The van der Waals surface area contributed by atoms with Gasteiger partial charge in [-0.05, 0) is 49.1 Å². The summed E-state index contributed by atoms with van der Waals surface area (Å²) >= 11 is 0. The van der Waals surface area contributed by atoms with Crippen LogP contribution in [0.15, 0.2) is 36.0 Å². The Bertz CT molecular complexity index is 1620. The number of sulfonamides is 1. The number of halogens is 4. The van der Waals surface area contributed by atoms with E-state index in [9.17, 15) is 30.8 Å². The highest BCUT2D eigenvalue weighted by atomic mass is 32.2. The van der Waals surface area contributed by atoms with Crippen LogP contribution in [0.2, 0.25) is 0 Å². The zero-order valence-corrected chi connectivity index (χ0v) is 23.3. The number of alkyl halides is 3. The van der Waals surface area contributed by atoms with Crippen molar-refractivity contribution in [2.24, 2.45) is 5.92 Å². The number of hydrogen-bond acceptors (Lipinski definition) is 8. The highest BCUT2D eigenvalue weighted by molar-refractivity contribution is 7.88. The first kappa shape index (κ1) is 29.6. The Morgan fingerprint density at radius 2 is 1.93 bits per heavy atom. The van der Waals surface area contributed by atoms with E-state index in [4.69, 9.17) is 0 Å². The fourth-order valence-corrected chi connectivity index (χ4v) is 5.65. The van der Waals surface area contributed by atoms with Crippen LogP contribution in [-0.2, 0) is 36.0 Å². The van der Waals surface area contributed by atoms with Crippen LogP contribution in [0.1, 0.15) is 45.8 Å². The number of carbonyl (C=O) groups excluding carboxylic acids is 1. The minimum Gasteiger partial charge on any atom is -0.406 e. The number of amides is 1. The van der Waals surface area contributed by atoms with Gasteiger partial charge in [0.25, 0.3) is 5.91 Å². The maximum absolute atomic E-state index is 14.0. The van der Waals surface area contributed by atoms with E-state index < -0.39 is 33.9 Å². The number of benzene rings is 1. The highest BCUT2D eigenvalue weighted by Gasteiger charge is 2.37. The lowest BCUT2D eigenvalue weighted by molar-refractivity contribution is -0.274. The third kappa shape index (κ3) is 7.28. The molecule has 1 amide bonds. The van der Waals surface area contributed by atoms with Gasteiger partial charge in [0.05, 0.1) is 23.8 Å². The zero-order valence-electron chi connectivity index (χ0n) is 22.4. The maximum Gasteiger partial charge on any atom is 0.573 e. The van der Waals surface area contributed by atoms with Crippen molar-refractivity contribution in [2.45, 2.75) is 45.1 Å². The Morgan fingerprint density at radius 1 is 1.14 bits per heavy atom. The van der Waals surface area contributed by atoms with Crippen LogP contribution in [0, 0.1) is 11.7 Å². The van der Waals surface area contributed by atoms with Crippen LogP contribution < -0.4 is 10.1 Å². The molecule has 0 atom stereocenters. The van der Waals surface area contributed by atoms with Crippen molar-refractivity contribution in [2.75, 3.05) is 19.3 Å². The summed E-state index contributed by atoms with van der Waals surface area (Å²) in [5, 5.41) is 18.8. The first-order chi connectivity index (χ1) is 19.8. The van der Waals surface area contributed by atoms with Crippen LogP contribution in [-0.4, -0.2) is 69.5 Å². The lowest BCUT2D eigenvalue weighted by Crippen LogP contribution is -2.50. The minimum absolute atomic E-state index is 0.0173. The summed E-state index contributed by atoms with van der Waals surface area (Å²) in [5.41, 5.74) is 3.73. The van der Waals surface area contributed by atoms with Gasteiger partial charge in [-0.3, -0.25) is 9.48 Å². The minimum atomic E-state index is -4.92. The second kappa shape index (κ2) is 11.8. The topological polar surface area (TPSA) is 132 Å². The molecular formula is C26H27F4N7O4S. The predicted molar refractivity (Wildman–Crippen MR) is 141 cm³/mol. The van der Waals surface area contributed by atoms with Crippen molar-refractivity contribution in [1.82, 2.24) is 34.8 Å². The summed E-state index contributed by atoms with van der Waals surface area (Å²) in [6, 6.07) is 4.54. The number of nitrogens with zero attached hydrogens (tertiary/aromatic N) is 6. The van der Waals surface area contributed by atoms with Gasteiger partial charge in [0.1, 0.15) is 11.6 Å². The third-order valence-corrected chi connectivity index (χ3v) is 8.28. The molecule has 16 heteroatoms.